The van der Waals surface area contributed by atoms with Crippen LogP contribution >= 0.6 is 23.4 Å². The first-order valence-electron chi connectivity index (χ1n) is 14.1. The molecule has 2 aromatic rings. The van der Waals surface area contributed by atoms with Gasteiger partial charge in [-0.1, -0.05) is 39.0 Å². The van der Waals surface area contributed by atoms with E-state index in [0.717, 1.165) is 29.3 Å². The Morgan fingerprint density at radius 3 is 2.50 bits per heavy atom. The second kappa shape index (κ2) is 10.2. The van der Waals surface area contributed by atoms with E-state index in [2.05, 4.69) is 22.2 Å². The van der Waals surface area contributed by atoms with Crippen LogP contribution in [0.15, 0.2) is 6.33 Å². The Balaban J connectivity index is 1.28. The van der Waals surface area contributed by atoms with Crippen LogP contribution in [0.1, 0.15) is 83.6 Å². The number of fused-ring (bicyclic) bond motifs is 2. The molecule has 0 aliphatic heterocycles. The zero-order valence-electron chi connectivity index (χ0n) is 21.3. The standard InChI is InChI=1S/C27H40ClN5O2S/c1-2-3-12-36-14-27-13-18(27)21(22(34)23(27)35)33-15-29-20-24(31-26(28)32-25(20)33)30-19(16-8-4-5-9-16)17-10-6-7-11-17/h15-19,21-23,34-35H,2-14H2,1H3,(H,30,31,32)/t18-,21-,22+,23+,27+/m1/s1. The van der Waals surface area contributed by atoms with Crippen molar-refractivity contribution < 1.29 is 10.2 Å². The summed E-state index contributed by atoms with van der Waals surface area (Å²) in [6, 6.07) is 0.153. The van der Waals surface area contributed by atoms with Gasteiger partial charge >= 0.3 is 0 Å². The molecule has 2 aromatic heterocycles. The van der Waals surface area contributed by atoms with Crippen molar-refractivity contribution in [1.82, 2.24) is 19.5 Å². The molecule has 6 rings (SSSR count). The summed E-state index contributed by atoms with van der Waals surface area (Å²) in [7, 11) is 0. The fourth-order valence-corrected chi connectivity index (χ4v) is 9.34. The number of aliphatic hydroxyl groups is 2. The fourth-order valence-electron chi connectivity index (χ4n) is 7.65. The summed E-state index contributed by atoms with van der Waals surface area (Å²) in [5.41, 5.74) is 1.18. The molecule has 3 N–H and O–H groups in total. The van der Waals surface area contributed by atoms with E-state index in [1.165, 1.54) is 64.2 Å². The lowest BCUT2D eigenvalue weighted by atomic mass is 9.86. The Bertz CT molecular complexity index is 1060. The van der Waals surface area contributed by atoms with Crippen LogP contribution in [0.2, 0.25) is 5.28 Å². The number of aliphatic hydroxyl groups excluding tert-OH is 2. The Morgan fingerprint density at radius 1 is 1.14 bits per heavy atom. The lowest BCUT2D eigenvalue weighted by Crippen LogP contribution is -2.35. The van der Waals surface area contributed by atoms with Crippen LogP contribution in [0, 0.1) is 23.2 Å². The van der Waals surface area contributed by atoms with Gasteiger partial charge in [0.05, 0.1) is 18.5 Å². The fraction of sp³-hybridized carbons (Fsp3) is 0.815. The minimum absolute atomic E-state index is 0.201. The van der Waals surface area contributed by atoms with Crippen LogP contribution in [-0.4, -0.2) is 59.5 Å². The maximum Gasteiger partial charge on any atom is 0.226 e. The van der Waals surface area contributed by atoms with Crippen molar-refractivity contribution in [1.29, 1.82) is 0 Å². The van der Waals surface area contributed by atoms with Gasteiger partial charge in [-0.05, 0) is 73.6 Å². The highest BCUT2D eigenvalue weighted by Crippen LogP contribution is 2.68. The molecular formula is C27H40ClN5O2S. The van der Waals surface area contributed by atoms with Gasteiger partial charge in [-0.3, -0.25) is 0 Å². The van der Waals surface area contributed by atoms with Gasteiger partial charge in [0.2, 0.25) is 5.28 Å². The number of halogens is 1. The number of aromatic nitrogens is 4. The van der Waals surface area contributed by atoms with Crippen LogP contribution < -0.4 is 5.32 Å². The molecule has 0 bridgehead atoms. The second-order valence-electron chi connectivity index (χ2n) is 11.8. The van der Waals surface area contributed by atoms with Crippen molar-refractivity contribution >= 4 is 40.3 Å². The monoisotopic (exact) mass is 533 g/mol. The summed E-state index contributed by atoms with van der Waals surface area (Å²) in [5.74, 6) is 4.28. The van der Waals surface area contributed by atoms with Gasteiger partial charge in [0.1, 0.15) is 6.10 Å². The summed E-state index contributed by atoms with van der Waals surface area (Å²) in [6.07, 6.45) is 13.9. The SMILES string of the molecule is CCCCSC[C@@]12C[C@@H]1[C@@H](n1cnc3c(NC(C4CCCC4)C4CCCC4)nc(Cl)nc31)[C@H](O)[C@@H]2O. The molecule has 4 fully saturated rings. The highest BCUT2D eigenvalue weighted by Gasteiger charge is 2.71. The Hall–Kier alpha value is -1.09. The molecule has 36 heavy (non-hydrogen) atoms. The summed E-state index contributed by atoms with van der Waals surface area (Å²) in [6.45, 7) is 2.20. The van der Waals surface area contributed by atoms with Crippen molar-refractivity contribution in [3.05, 3.63) is 11.6 Å². The number of nitrogens with zero attached hydrogens (tertiary/aromatic N) is 4. The van der Waals surface area contributed by atoms with E-state index in [9.17, 15) is 10.2 Å². The lowest BCUT2D eigenvalue weighted by Gasteiger charge is -2.30. The molecule has 0 radical (unpaired) electrons. The number of imidazole rings is 1. The molecule has 4 saturated carbocycles. The largest absolute Gasteiger partial charge is 0.390 e. The van der Waals surface area contributed by atoms with Gasteiger partial charge < -0.3 is 20.1 Å². The predicted octanol–water partition coefficient (Wildman–Crippen LogP) is 5.46. The molecule has 0 spiro atoms. The summed E-state index contributed by atoms with van der Waals surface area (Å²) < 4.78 is 1.97. The molecular weight excluding hydrogens is 494 g/mol. The molecule has 0 unspecified atom stereocenters. The van der Waals surface area contributed by atoms with Gasteiger partial charge in [0.25, 0.3) is 0 Å². The van der Waals surface area contributed by atoms with E-state index in [0.29, 0.717) is 23.5 Å². The van der Waals surface area contributed by atoms with E-state index < -0.39 is 12.2 Å². The van der Waals surface area contributed by atoms with Crippen LogP contribution in [0.4, 0.5) is 5.82 Å². The summed E-state index contributed by atoms with van der Waals surface area (Å²) in [4.78, 5) is 13.9. The van der Waals surface area contributed by atoms with Crippen LogP contribution in [0.3, 0.4) is 0 Å². The molecule has 0 amide bonds. The topological polar surface area (TPSA) is 96.1 Å². The maximum atomic E-state index is 11.1. The molecule has 9 heteroatoms. The zero-order chi connectivity index (χ0) is 24.9. The predicted molar refractivity (Wildman–Crippen MR) is 145 cm³/mol. The highest BCUT2D eigenvalue weighted by molar-refractivity contribution is 7.99. The Kier molecular flexibility index (Phi) is 7.16. The van der Waals surface area contributed by atoms with E-state index in [4.69, 9.17) is 16.6 Å². The van der Waals surface area contributed by atoms with E-state index in [1.54, 1.807) is 6.33 Å². The van der Waals surface area contributed by atoms with Crippen molar-refractivity contribution in [2.24, 2.45) is 23.2 Å². The van der Waals surface area contributed by atoms with E-state index in [-0.39, 0.29) is 22.7 Å². The first-order chi connectivity index (χ1) is 17.5. The van der Waals surface area contributed by atoms with E-state index >= 15 is 0 Å². The molecule has 5 atom stereocenters. The first-order valence-corrected chi connectivity index (χ1v) is 15.7. The summed E-state index contributed by atoms with van der Waals surface area (Å²) in [5, 5.41) is 26.2. The number of anilines is 1. The van der Waals surface area contributed by atoms with Gasteiger partial charge in [0.15, 0.2) is 17.0 Å². The highest BCUT2D eigenvalue weighted by atomic mass is 35.5. The third kappa shape index (κ3) is 4.34. The minimum Gasteiger partial charge on any atom is -0.390 e. The van der Waals surface area contributed by atoms with Crippen molar-refractivity contribution in [2.75, 3.05) is 16.8 Å². The van der Waals surface area contributed by atoms with Crippen molar-refractivity contribution in [2.45, 2.75) is 102 Å². The average Bonchev–Trinajstić information content (AvgIpc) is 3.41. The van der Waals surface area contributed by atoms with Crippen LogP contribution in [0.5, 0.6) is 0 Å². The average molecular weight is 534 g/mol. The van der Waals surface area contributed by atoms with Gasteiger partial charge in [-0.15, -0.1) is 0 Å². The second-order valence-corrected chi connectivity index (χ2v) is 13.2. The molecule has 0 aromatic carbocycles. The molecule has 198 valence electrons. The van der Waals surface area contributed by atoms with Gasteiger partial charge in [-0.25, -0.2) is 4.98 Å². The lowest BCUT2D eigenvalue weighted by molar-refractivity contribution is -0.0126. The third-order valence-corrected chi connectivity index (χ3v) is 11.2. The molecule has 7 nitrogen and oxygen atoms in total. The normalized spacial score (nSPS) is 32.7. The van der Waals surface area contributed by atoms with E-state index in [1.807, 2.05) is 16.3 Å². The molecule has 2 heterocycles. The Morgan fingerprint density at radius 2 is 1.83 bits per heavy atom. The molecule has 4 aliphatic carbocycles. The maximum absolute atomic E-state index is 11.1. The van der Waals surface area contributed by atoms with Gasteiger partial charge in [0, 0.05) is 17.2 Å². The van der Waals surface area contributed by atoms with Crippen LogP contribution in [-0.2, 0) is 0 Å². The number of unbranched alkanes of at least 4 members (excludes halogenated alkanes) is 1. The van der Waals surface area contributed by atoms with Crippen molar-refractivity contribution in [3.8, 4) is 0 Å². The Labute approximate surface area is 223 Å². The van der Waals surface area contributed by atoms with Gasteiger partial charge in [-0.2, -0.15) is 21.7 Å². The van der Waals surface area contributed by atoms with Crippen LogP contribution in [0.25, 0.3) is 11.2 Å². The smallest absolute Gasteiger partial charge is 0.226 e. The minimum atomic E-state index is -0.831. The van der Waals surface area contributed by atoms with Crippen molar-refractivity contribution in [3.63, 3.8) is 0 Å². The zero-order valence-corrected chi connectivity index (χ0v) is 22.9. The summed E-state index contributed by atoms with van der Waals surface area (Å²) >= 11 is 8.39. The number of hydrogen-bond acceptors (Lipinski definition) is 7. The number of hydrogen-bond donors (Lipinski definition) is 3. The third-order valence-electron chi connectivity index (χ3n) is 9.70. The molecule has 0 saturated heterocycles. The quantitative estimate of drug-likeness (QED) is 0.276. The number of rotatable bonds is 10. The number of nitrogens with one attached hydrogen (secondary N) is 1. The number of thioether (sulfide) groups is 1. The first kappa shape index (κ1) is 25.2. The molecule has 4 aliphatic rings.